The predicted molar refractivity (Wildman–Crippen MR) is 101 cm³/mol. The van der Waals surface area contributed by atoms with Crippen molar-refractivity contribution in [2.24, 2.45) is 11.7 Å². The second-order valence-corrected chi connectivity index (χ2v) is 6.72. The summed E-state index contributed by atoms with van der Waals surface area (Å²) in [7, 11) is 0. The van der Waals surface area contributed by atoms with Crippen LogP contribution in [0.15, 0.2) is 30.3 Å². The van der Waals surface area contributed by atoms with E-state index in [9.17, 15) is 14.4 Å². The van der Waals surface area contributed by atoms with Crippen molar-refractivity contribution in [3.05, 3.63) is 35.9 Å². The Kier molecular flexibility index (Phi) is 11.7. The number of rotatable bonds is 10. The van der Waals surface area contributed by atoms with Crippen LogP contribution in [0, 0.1) is 5.92 Å². The molecule has 152 valence electrons. The number of carboxylic acid groups (broad SMARTS) is 3. The Labute approximate surface area is 159 Å². The third-order valence-electron chi connectivity index (χ3n) is 3.73. The quantitative estimate of drug-likeness (QED) is 0.409. The molecule has 0 spiro atoms. The Bertz CT molecular complexity index is 591. The first-order valence-corrected chi connectivity index (χ1v) is 8.78. The van der Waals surface area contributed by atoms with Gasteiger partial charge in [0.05, 0.1) is 0 Å². The smallest absolute Gasteiger partial charge is 0.320 e. The number of carboxylic acids is 3. The van der Waals surface area contributed by atoms with E-state index in [0.29, 0.717) is 25.2 Å². The van der Waals surface area contributed by atoms with Gasteiger partial charge in [-0.15, -0.1) is 0 Å². The highest BCUT2D eigenvalue weighted by molar-refractivity contribution is 5.77. The monoisotopic (exact) mass is 382 g/mol. The SMILES string of the molecule is CC(C)CC(N)C(=O)O.C[C@@H](N[C@@H](CCc1ccccc1)C(=O)O)C(=O)O. The van der Waals surface area contributed by atoms with Crippen molar-refractivity contribution in [2.45, 2.75) is 58.2 Å². The van der Waals surface area contributed by atoms with Crippen molar-refractivity contribution in [3.8, 4) is 0 Å². The highest BCUT2D eigenvalue weighted by Crippen LogP contribution is 2.06. The Hall–Kier alpha value is -2.45. The molecule has 0 saturated carbocycles. The molecule has 1 aromatic rings. The van der Waals surface area contributed by atoms with Gasteiger partial charge in [-0.1, -0.05) is 44.2 Å². The zero-order valence-electron chi connectivity index (χ0n) is 16.0. The maximum atomic E-state index is 11.0. The molecule has 0 aromatic heterocycles. The van der Waals surface area contributed by atoms with E-state index in [2.05, 4.69) is 5.32 Å². The molecule has 1 aromatic carbocycles. The Balaban J connectivity index is 0.000000636. The van der Waals surface area contributed by atoms with E-state index in [1.165, 1.54) is 6.92 Å². The second kappa shape index (κ2) is 12.8. The number of benzene rings is 1. The van der Waals surface area contributed by atoms with Gasteiger partial charge >= 0.3 is 17.9 Å². The van der Waals surface area contributed by atoms with Crippen LogP contribution in [0.1, 0.15) is 39.2 Å². The first kappa shape index (κ1) is 24.6. The normalized spacial score (nSPS) is 13.8. The first-order valence-electron chi connectivity index (χ1n) is 8.78. The van der Waals surface area contributed by atoms with Crippen LogP contribution in [0.2, 0.25) is 0 Å². The molecule has 0 amide bonds. The van der Waals surface area contributed by atoms with Crippen LogP contribution in [0.25, 0.3) is 0 Å². The lowest BCUT2D eigenvalue weighted by molar-refractivity contribution is -0.142. The fourth-order valence-electron chi connectivity index (χ4n) is 2.22. The molecule has 0 aliphatic heterocycles. The van der Waals surface area contributed by atoms with Crippen LogP contribution in [0.4, 0.5) is 0 Å². The van der Waals surface area contributed by atoms with E-state index in [0.717, 1.165) is 5.56 Å². The lowest BCUT2D eigenvalue weighted by atomic mass is 10.0. The number of aliphatic carboxylic acids is 3. The van der Waals surface area contributed by atoms with Gasteiger partial charge in [-0.3, -0.25) is 19.7 Å². The average Bonchev–Trinajstić information content (AvgIpc) is 2.58. The van der Waals surface area contributed by atoms with Gasteiger partial charge in [0.1, 0.15) is 18.1 Å². The van der Waals surface area contributed by atoms with Crippen LogP contribution in [0.5, 0.6) is 0 Å². The fourth-order valence-corrected chi connectivity index (χ4v) is 2.22. The van der Waals surface area contributed by atoms with Crippen LogP contribution in [-0.4, -0.2) is 51.4 Å². The summed E-state index contributed by atoms with van der Waals surface area (Å²) in [5, 5.41) is 28.7. The summed E-state index contributed by atoms with van der Waals surface area (Å²) in [5.41, 5.74) is 6.25. The summed E-state index contributed by atoms with van der Waals surface area (Å²) in [6.45, 7) is 5.33. The Morgan fingerprint density at radius 3 is 1.89 bits per heavy atom. The second-order valence-electron chi connectivity index (χ2n) is 6.72. The van der Waals surface area contributed by atoms with Gasteiger partial charge in [0.15, 0.2) is 0 Å². The molecule has 0 bridgehead atoms. The molecule has 1 rings (SSSR count). The molecule has 6 N–H and O–H groups in total. The maximum Gasteiger partial charge on any atom is 0.320 e. The van der Waals surface area contributed by atoms with E-state index >= 15 is 0 Å². The van der Waals surface area contributed by atoms with E-state index in [4.69, 9.17) is 21.1 Å². The summed E-state index contributed by atoms with van der Waals surface area (Å²) in [5.74, 6) is -2.64. The van der Waals surface area contributed by atoms with Crippen LogP contribution in [0.3, 0.4) is 0 Å². The molecular weight excluding hydrogens is 352 g/mol. The highest BCUT2D eigenvalue weighted by atomic mass is 16.4. The van der Waals surface area contributed by atoms with Gasteiger partial charge < -0.3 is 21.1 Å². The molecular formula is C19H30N2O6. The van der Waals surface area contributed by atoms with E-state index in [1.807, 2.05) is 44.2 Å². The minimum absolute atomic E-state index is 0.357. The predicted octanol–water partition coefficient (Wildman–Crippen LogP) is 1.58. The van der Waals surface area contributed by atoms with Crippen molar-refractivity contribution in [2.75, 3.05) is 0 Å². The van der Waals surface area contributed by atoms with Crippen LogP contribution in [-0.2, 0) is 20.8 Å². The summed E-state index contributed by atoms with van der Waals surface area (Å²) in [4.78, 5) is 31.8. The van der Waals surface area contributed by atoms with Crippen molar-refractivity contribution in [1.29, 1.82) is 0 Å². The number of carbonyl (C=O) groups is 3. The molecule has 0 heterocycles. The van der Waals surface area contributed by atoms with Crippen molar-refractivity contribution < 1.29 is 29.7 Å². The van der Waals surface area contributed by atoms with Crippen LogP contribution < -0.4 is 11.1 Å². The standard InChI is InChI=1S/C13H17NO4.C6H13NO2/c1-9(12(15)16)14-11(13(17)18)8-7-10-5-3-2-4-6-10;1-4(2)3-5(7)6(8)9/h2-6,9,11,14H,7-8H2,1H3,(H,15,16)(H,17,18);4-5H,3,7H2,1-2H3,(H,8,9)/t9-,11+;/m1./s1. The summed E-state index contributed by atoms with van der Waals surface area (Å²) in [6.07, 6.45) is 1.50. The van der Waals surface area contributed by atoms with Crippen molar-refractivity contribution in [3.63, 3.8) is 0 Å². The molecule has 8 heteroatoms. The lowest BCUT2D eigenvalue weighted by Crippen LogP contribution is -2.45. The number of nitrogens with two attached hydrogens (primary N) is 1. The van der Waals surface area contributed by atoms with E-state index in [1.54, 1.807) is 0 Å². The molecule has 3 atom stereocenters. The molecule has 0 radical (unpaired) electrons. The van der Waals surface area contributed by atoms with Gasteiger partial charge in [0, 0.05) is 0 Å². The minimum Gasteiger partial charge on any atom is -0.480 e. The van der Waals surface area contributed by atoms with Crippen molar-refractivity contribution >= 4 is 17.9 Å². The topological polar surface area (TPSA) is 150 Å². The Morgan fingerprint density at radius 1 is 0.963 bits per heavy atom. The molecule has 0 saturated heterocycles. The summed E-state index contributed by atoms with van der Waals surface area (Å²) < 4.78 is 0. The molecule has 0 aliphatic rings. The number of aryl methyl sites for hydroxylation is 1. The maximum absolute atomic E-state index is 11.0. The van der Waals surface area contributed by atoms with Gasteiger partial charge in [0.25, 0.3) is 0 Å². The molecule has 27 heavy (non-hydrogen) atoms. The number of nitrogens with one attached hydrogen (secondary N) is 1. The number of hydrogen-bond donors (Lipinski definition) is 5. The molecule has 0 aliphatic carbocycles. The van der Waals surface area contributed by atoms with Gasteiger partial charge in [-0.25, -0.2) is 0 Å². The van der Waals surface area contributed by atoms with Gasteiger partial charge in [-0.2, -0.15) is 0 Å². The zero-order chi connectivity index (χ0) is 21.0. The minimum atomic E-state index is -1.05. The Morgan fingerprint density at radius 2 is 1.52 bits per heavy atom. The fraction of sp³-hybridized carbons (Fsp3) is 0.526. The average molecular weight is 382 g/mol. The largest absolute Gasteiger partial charge is 0.480 e. The molecule has 1 unspecified atom stereocenters. The third kappa shape index (κ3) is 11.7. The van der Waals surface area contributed by atoms with Crippen LogP contribution >= 0.6 is 0 Å². The summed E-state index contributed by atoms with van der Waals surface area (Å²) in [6, 6.07) is 7.09. The first-order chi connectivity index (χ1) is 12.5. The van der Waals surface area contributed by atoms with E-state index in [-0.39, 0.29) is 0 Å². The third-order valence-corrected chi connectivity index (χ3v) is 3.73. The summed E-state index contributed by atoms with van der Waals surface area (Å²) >= 11 is 0. The molecule has 0 fully saturated rings. The van der Waals surface area contributed by atoms with Gasteiger partial charge in [0.2, 0.25) is 0 Å². The number of hydrogen-bond acceptors (Lipinski definition) is 5. The zero-order valence-corrected chi connectivity index (χ0v) is 16.0. The van der Waals surface area contributed by atoms with Gasteiger partial charge in [-0.05, 0) is 37.7 Å². The van der Waals surface area contributed by atoms with Crippen molar-refractivity contribution in [1.82, 2.24) is 5.32 Å². The highest BCUT2D eigenvalue weighted by Gasteiger charge is 2.22. The lowest BCUT2D eigenvalue weighted by Gasteiger charge is -2.17. The van der Waals surface area contributed by atoms with E-state index < -0.39 is 36.0 Å². The molecule has 8 nitrogen and oxygen atoms in total.